The molecule has 1 aliphatic rings. The molecular formula is C11H12FN3O2. The monoisotopic (exact) mass is 237 g/mol. The van der Waals surface area contributed by atoms with Gasteiger partial charge in [0.1, 0.15) is 12.4 Å². The summed E-state index contributed by atoms with van der Waals surface area (Å²) in [6, 6.07) is 5.43. The highest BCUT2D eigenvalue weighted by Gasteiger charge is 2.21. The van der Waals surface area contributed by atoms with E-state index in [-0.39, 0.29) is 18.1 Å². The number of carbonyl (C=O) groups is 2. The van der Waals surface area contributed by atoms with Gasteiger partial charge < -0.3 is 15.5 Å². The molecule has 90 valence electrons. The van der Waals surface area contributed by atoms with Crippen molar-refractivity contribution in [2.45, 2.75) is 0 Å². The number of piperazine rings is 1. The zero-order chi connectivity index (χ0) is 12.3. The Balaban J connectivity index is 2.02. The fraction of sp³-hybridized carbons (Fsp3) is 0.273. The number of nitrogens with one attached hydrogen (secondary N) is 2. The van der Waals surface area contributed by atoms with Crippen LogP contribution in [0.5, 0.6) is 0 Å². The lowest BCUT2D eigenvalue weighted by Crippen LogP contribution is -2.51. The van der Waals surface area contributed by atoms with Crippen LogP contribution in [0.3, 0.4) is 0 Å². The van der Waals surface area contributed by atoms with Crippen molar-refractivity contribution >= 4 is 17.6 Å². The number of nitrogens with zero attached hydrogens (tertiary/aromatic N) is 1. The standard InChI is InChI=1S/C11H12FN3O2/c12-8-3-1-2-4-9(8)14-11(17)15-6-5-13-10(16)7-15/h1-4H,5-7H2,(H,13,16)(H,14,17). The molecule has 1 fully saturated rings. The number of para-hydroxylation sites is 1. The Morgan fingerprint density at radius 1 is 1.41 bits per heavy atom. The molecule has 5 nitrogen and oxygen atoms in total. The third-order valence-electron chi connectivity index (χ3n) is 2.44. The molecule has 0 saturated carbocycles. The first kappa shape index (κ1) is 11.4. The van der Waals surface area contributed by atoms with Crippen LogP contribution in [0.25, 0.3) is 0 Å². The summed E-state index contributed by atoms with van der Waals surface area (Å²) in [6.45, 7) is 0.843. The zero-order valence-corrected chi connectivity index (χ0v) is 9.07. The van der Waals surface area contributed by atoms with Crippen LogP contribution in [0.15, 0.2) is 24.3 Å². The lowest BCUT2D eigenvalue weighted by molar-refractivity contribution is -0.123. The van der Waals surface area contributed by atoms with Crippen LogP contribution in [-0.4, -0.2) is 36.5 Å². The van der Waals surface area contributed by atoms with E-state index in [0.29, 0.717) is 13.1 Å². The van der Waals surface area contributed by atoms with E-state index in [2.05, 4.69) is 10.6 Å². The lowest BCUT2D eigenvalue weighted by Gasteiger charge is -2.26. The quantitative estimate of drug-likeness (QED) is 0.758. The second-order valence-electron chi connectivity index (χ2n) is 3.68. The molecule has 6 heteroatoms. The number of anilines is 1. The van der Waals surface area contributed by atoms with Gasteiger partial charge in [-0.05, 0) is 12.1 Å². The molecule has 1 heterocycles. The summed E-state index contributed by atoms with van der Waals surface area (Å²) in [5.41, 5.74) is 0.114. The van der Waals surface area contributed by atoms with E-state index in [1.165, 1.54) is 17.0 Å². The maximum absolute atomic E-state index is 13.3. The van der Waals surface area contributed by atoms with Gasteiger partial charge in [0, 0.05) is 13.1 Å². The molecule has 2 rings (SSSR count). The summed E-state index contributed by atoms with van der Waals surface area (Å²) in [5, 5.41) is 5.04. The third-order valence-corrected chi connectivity index (χ3v) is 2.44. The highest BCUT2D eigenvalue weighted by atomic mass is 19.1. The van der Waals surface area contributed by atoms with Crippen molar-refractivity contribution in [1.29, 1.82) is 0 Å². The summed E-state index contributed by atoms with van der Waals surface area (Å²) in [7, 11) is 0. The smallest absolute Gasteiger partial charge is 0.322 e. The molecule has 1 aliphatic heterocycles. The summed E-state index contributed by atoms with van der Waals surface area (Å²) >= 11 is 0. The molecular weight excluding hydrogens is 225 g/mol. The van der Waals surface area contributed by atoms with Crippen molar-refractivity contribution < 1.29 is 14.0 Å². The van der Waals surface area contributed by atoms with Gasteiger partial charge in [-0.1, -0.05) is 12.1 Å². The van der Waals surface area contributed by atoms with E-state index in [1.54, 1.807) is 12.1 Å². The number of amides is 3. The van der Waals surface area contributed by atoms with E-state index >= 15 is 0 Å². The van der Waals surface area contributed by atoms with E-state index in [0.717, 1.165) is 0 Å². The topological polar surface area (TPSA) is 61.4 Å². The summed E-state index contributed by atoms with van der Waals surface area (Å²) in [4.78, 5) is 24.2. The highest BCUT2D eigenvalue weighted by Crippen LogP contribution is 2.13. The van der Waals surface area contributed by atoms with E-state index in [4.69, 9.17) is 0 Å². The van der Waals surface area contributed by atoms with Crippen molar-refractivity contribution in [3.63, 3.8) is 0 Å². The Labute approximate surface area is 97.6 Å². The number of benzene rings is 1. The van der Waals surface area contributed by atoms with Gasteiger partial charge in [0.2, 0.25) is 5.91 Å². The van der Waals surface area contributed by atoms with Crippen LogP contribution in [0.2, 0.25) is 0 Å². The number of urea groups is 1. The third kappa shape index (κ3) is 2.72. The lowest BCUT2D eigenvalue weighted by atomic mass is 10.3. The largest absolute Gasteiger partial charge is 0.353 e. The molecule has 1 aromatic rings. The molecule has 0 bridgehead atoms. The number of rotatable bonds is 1. The van der Waals surface area contributed by atoms with Crippen LogP contribution in [-0.2, 0) is 4.79 Å². The molecule has 1 aromatic carbocycles. The number of carbonyl (C=O) groups excluding carboxylic acids is 2. The molecule has 0 atom stereocenters. The Kier molecular flexibility index (Phi) is 3.22. The number of hydrogen-bond donors (Lipinski definition) is 2. The van der Waals surface area contributed by atoms with Gasteiger partial charge in [0.05, 0.1) is 5.69 Å². The van der Waals surface area contributed by atoms with Crippen molar-refractivity contribution in [3.8, 4) is 0 Å². The van der Waals surface area contributed by atoms with Gasteiger partial charge in [0.25, 0.3) is 0 Å². The molecule has 1 saturated heterocycles. The average molecular weight is 237 g/mol. The fourth-order valence-corrected chi connectivity index (χ4v) is 1.57. The van der Waals surface area contributed by atoms with Gasteiger partial charge in [-0.25, -0.2) is 9.18 Å². The van der Waals surface area contributed by atoms with Crippen molar-refractivity contribution in [2.75, 3.05) is 25.0 Å². The Morgan fingerprint density at radius 3 is 2.88 bits per heavy atom. The van der Waals surface area contributed by atoms with Crippen LogP contribution in [0, 0.1) is 5.82 Å². The van der Waals surface area contributed by atoms with Crippen LogP contribution in [0.4, 0.5) is 14.9 Å². The van der Waals surface area contributed by atoms with Gasteiger partial charge in [0.15, 0.2) is 0 Å². The first-order chi connectivity index (χ1) is 8.16. The maximum Gasteiger partial charge on any atom is 0.322 e. The van der Waals surface area contributed by atoms with Crippen molar-refractivity contribution in [2.24, 2.45) is 0 Å². The normalized spacial score (nSPS) is 15.4. The van der Waals surface area contributed by atoms with Crippen LogP contribution < -0.4 is 10.6 Å². The summed E-state index contributed by atoms with van der Waals surface area (Å²) in [6.07, 6.45) is 0. The van der Waals surface area contributed by atoms with Gasteiger partial charge in [-0.2, -0.15) is 0 Å². The van der Waals surface area contributed by atoms with Gasteiger partial charge >= 0.3 is 6.03 Å². The van der Waals surface area contributed by atoms with Crippen molar-refractivity contribution in [3.05, 3.63) is 30.1 Å². The van der Waals surface area contributed by atoms with E-state index < -0.39 is 11.8 Å². The molecule has 0 spiro atoms. The predicted molar refractivity (Wildman–Crippen MR) is 60.0 cm³/mol. The van der Waals surface area contributed by atoms with E-state index in [1.807, 2.05) is 0 Å². The Morgan fingerprint density at radius 2 is 2.18 bits per heavy atom. The molecule has 2 N–H and O–H groups in total. The number of halogens is 1. The minimum atomic E-state index is -0.498. The second-order valence-corrected chi connectivity index (χ2v) is 3.68. The summed E-state index contributed by atoms with van der Waals surface area (Å²) < 4.78 is 13.3. The SMILES string of the molecule is O=C1CN(C(=O)Nc2ccccc2F)CCN1. The Hall–Kier alpha value is -2.11. The number of hydrogen-bond acceptors (Lipinski definition) is 2. The molecule has 0 unspecified atom stereocenters. The predicted octanol–water partition coefficient (Wildman–Crippen LogP) is 0.789. The first-order valence-corrected chi connectivity index (χ1v) is 5.24. The molecule has 3 amide bonds. The van der Waals surface area contributed by atoms with Crippen molar-refractivity contribution in [1.82, 2.24) is 10.2 Å². The van der Waals surface area contributed by atoms with Gasteiger partial charge in [-0.15, -0.1) is 0 Å². The van der Waals surface area contributed by atoms with Gasteiger partial charge in [-0.3, -0.25) is 4.79 Å². The molecule has 0 aromatic heterocycles. The molecule has 17 heavy (non-hydrogen) atoms. The van der Waals surface area contributed by atoms with E-state index in [9.17, 15) is 14.0 Å². The minimum absolute atomic E-state index is 0.000284. The molecule has 0 aliphatic carbocycles. The summed E-state index contributed by atoms with van der Waals surface area (Å²) in [5.74, 6) is -0.706. The minimum Gasteiger partial charge on any atom is -0.353 e. The second kappa shape index (κ2) is 4.82. The average Bonchev–Trinajstić information content (AvgIpc) is 2.32. The molecule has 0 radical (unpaired) electrons. The fourth-order valence-electron chi connectivity index (χ4n) is 1.57. The van der Waals surface area contributed by atoms with Crippen LogP contribution >= 0.6 is 0 Å². The maximum atomic E-state index is 13.3. The highest BCUT2D eigenvalue weighted by molar-refractivity contribution is 5.93. The first-order valence-electron chi connectivity index (χ1n) is 5.24. The van der Waals surface area contributed by atoms with Crippen LogP contribution in [0.1, 0.15) is 0 Å². The zero-order valence-electron chi connectivity index (χ0n) is 9.07. The Bertz CT molecular complexity index is 450.